The first kappa shape index (κ1) is 12.0. The van der Waals surface area contributed by atoms with Gasteiger partial charge in [-0.3, -0.25) is 4.79 Å². The van der Waals surface area contributed by atoms with Crippen molar-refractivity contribution in [3.8, 4) is 0 Å². The highest BCUT2D eigenvalue weighted by molar-refractivity contribution is 6.30. The lowest BCUT2D eigenvalue weighted by Gasteiger charge is -2.39. The summed E-state index contributed by atoms with van der Waals surface area (Å²) in [7, 11) is 0. The molecule has 1 saturated heterocycles. The average molecular weight is 265 g/mol. The van der Waals surface area contributed by atoms with Gasteiger partial charge in [0, 0.05) is 30.7 Å². The standard InChI is InChI=1S/C14H17ClN2O/c1-9-4-10-2-3-13(15)5-11(10)8-17(9)14(18)12-6-16-7-12/h2-3,5,9,12,16H,4,6-8H2,1H3/t9-/m1/s1. The predicted octanol–water partition coefficient (Wildman–Crippen LogP) is 1.83. The summed E-state index contributed by atoms with van der Waals surface area (Å²) in [5.74, 6) is 0.458. The van der Waals surface area contributed by atoms with Gasteiger partial charge in [-0.2, -0.15) is 0 Å². The second kappa shape index (κ2) is 4.56. The fourth-order valence-corrected chi connectivity index (χ4v) is 2.90. The maximum absolute atomic E-state index is 12.3. The molecule has 0 radical (unpaired) electrons. The maximum atomic E-state index is 12.3. The number of amides is 1. The summed E-state index contributed by atoms with van der Waals surface area (Å²) in [6.07, 6.45) is 0.929. The van der Waals surface area contributed by atoms with Crippen LogP contribution in [0.1, 0.15) is 18.1 Å². The van der Waals surface area contributed by atoms with Crippen molar-refractivity contribution in [1.29, 1.82) is 0 Å². The van der Waals surface area contributed by atoms with Crippen LogP contribution in [0.5, 0.6) is 0 Å². The van der Waals surface area contributed by atoms with E-state index in [-0.39, 0.29) is 17.9 Å². The van der Waals surface area contributed by atoms with Crippen molar-refractivity contribution in [2.75, 3.05) is 13.1 Å². The zero-order chi connectivity index (χ0) is 12.7. The van der Waals surface area contributed by atoms with Gasteiger partial charge in [-0.05, 0) is 36.6 Å². The number of benzene rings is 1. The van der Waals surface area contributed by atoms with Crippen molar-refractivity contribution in [2.45, 2.75) is 25.9 Å². The van der Waals surface area contributed by atoms with Gasteiger partial charge in [0.25, 0.3) is 0 Å². The molecule has 0 bridgehead atoms. The van der Waals surface area contributed by atoms with E-state index in [0.717, 1.165) is 24.5 Å². The third-order valence-electron chi connectivity index (χ3n) is 3.97. The lowest BCUT2D eigenvalue weighted by Crippen LogP contribution is -2.54. The lowest BCUT2D eigenvalue weighted by molar-refractivity contribution is -0.140. The largest absolute Gasteiger partial charge is 0.335 e. The first-order valence-electron chi connectivity index (χ1n) is 6.43. The first-order valence-corrected chi connectivity index (χ1v) is 6.81. The molecule has 1 aromatic rings. The van der Waals surface area contributed by atoms with Crippen molar-refractivity contribution in [2.24, 2.45) is 5.92 Å². The molecule has 0 saturated carbocycles. The number of fused-ring (bicyclic) bond motifs is 1. The van der Waals surface area contributed by atoms with Crippen LogP contribution < -0.4 is 5.32 Å². The molecule has 4 heteroatoms. The number of rotatable bonds is 1. The molecule has 2 aliphatic rings. The second-order valence-electron chi connectivity index (χ2n) is 5.29. The Morgan fingerprint density at radius 1 is 1.39 bits per heavy atom. The Bertz CT molecular complexity index is 485. The van der Waals surface area contributed by atoms with E-state index in [0.29, 0.717) is 6.54 Å². The third kappa shape index (κ3) is 2.02. The summed E-state index contributed by atoms with van der Waals surface area (Å²) in [5, 5.41) is 3.91. The van der Waals surface area contributed by atoms with E-state index in [1.807, 2.05) is 17.0 Å². The van der Waals surface area contributed by atoms with Gasteiger partial charge >= 0.3 is 0 Å². The van der Waals surface area contributed by atoms with Crippen LogP contribution in [0.25, 0.3) is 0 Å². The zero-order valence-electron chi connectivity index (χ0n) is 10.4. The SMILES string of the molecule is C[C@@H]1Cc2ccc(Cl)cc2CN1C(=O)C1CNC1. The Morgan fingerprint density at radius 2 is 2.17 bits per heavy atom. The molecule has 0 spiro atoms. The second-order valence-corrected chi connectivity index (χ2v) is 5.72. The summed E-state index contributed by atoms with van der Waals surface area (Å²) >= 11 is 6.03. The highest BCUT2D eigenvalue weighted by atomic mass is 35.5. The number of hydrogen-bond donors (Lipinski definition) is 1. The Labute approximate surface area is 112 Å². The molecule has 2 heterocycles. The van der Waals surface area contributed by atoms with Gasteiger partial charge in [0.15, 0.2) is 0 Å². The summed E-state index contributed by atoms with van der Waals surface area (Å²) in [4.78, 5) is 14.3. The van der Waals surface area contributed by atoms with Crippen LogP contribution in [0, 0.1) is 5.92 Å². The van der Waals surface area contributed by atoms with Crippen LogP contribution in [0.4, 0.5) is 0 Å². The Kier molecular flexibility index (Phi) is 3.04. The lowest BCUT2D eigenvalue weighted by atomic mass is 9.92. The van der Waals surface area contributed by atoms with Gasteiger partial charge in [0.1, 0.15) is 0 Å². The molecule has 3 rings (SSSR count). The quantitative estimate of drug-likeness (QED) is 0.839. The Morgan fingerprint density at radius 3 is 2.83 bits per heavy atom. The molecule has 1 fully saturated rings. The highest BCUT2D eigenvalue weighted by Gasteiger charge is 2.34. The van der Waals surface area contributed by atoms with Crippen LogP contribution >= 0.6 is 11.6 Å². The fraction of sp³-hybridized carbons (Fsp3) is 0.500. The molecule has 96 valence electrons. The highest BCUT2D eigenvalue weighted by Crippen LogP contribution is 2.27. The number of carbonyl (C=O) groups excluding carboxylic acids is 1. The molecular formula is C14H17ClN2O. The summed E-state index contributed by atoms with van der Waals surface area (Å²) < 4.78 is 0. The van der Waals surface area contributed by atoms with Crippen LogP contribution in [-0.2, 0) is 17.8 Å². The van der Waals surface area contributed by atoms with Crippen LogP contribution in [-0.4, -0.2) is 29.9 Å². The van der Waals surface area contributed by atoms with E-state index < -0.39 is 0 Å². The van der Waals surface area contributed by atoms with Crippen molar-refractivity contribution in [1.82, 2.24) is 10.2 Å². The fourth-order valence-electron chi connectivity index (χ4n) is 2.70. The first-order chi connectivity index (χ1) is 8.65. The molecule has 0 unspecified atom stereocenters. The number of halogens is 1. The van der Waals surface area contributed by atoms with Crippen LogP contribution in [0.2, 0.25) is 5.02 Å². The number of nitrogens with one attached hydrogen (secondary N) is 1. The van der Waals surface area contributed by atoms with Gasteiger partial charge in [0.2, 0.25) is 5.91 Å². The van der Waals surface area contributed by atoms with Crippen molar-refractivity contribution in [3.05, 3.63) is 34.3 Å². The Balaban J connectivity index is 1.83. The minimum absolute atomic E-state index is 0.174. The molecule has 1 aromatic carbocycles. The maximum Gasteiger partial charge on any atom is 0.228 e. The van der Waals surface area contributed by atoms with E-state index in [1.54, 1.807) is 0 Å². The monoisotopic (exact) mass is 264 g/mol. The minimum Gasteiger partial charge on any atom is -0.335 e. The summed E-state index contributed by atoms with van der Waals surface area (Å²) in [5.41, 5.74) is 2.52. The summed E-state index contributed by atoms with van der Waals surface area (Å²) in [6.45, 7) is 4.48. The van der Waals surface area contributed by atoms with Crippen molar-refractivity contribution < 1.29 is 4.79 Å². The number of carbonyl (C=O) groups is 1. The Hall–Kier alpha value is -1.06. The summed E-state index contributed by atoms with van der Waals surface area (Å²) in [6, 6.07) is 6.29. The van der Waals surface area contributed by atoms with E-state index in [4.69, 9.17) is 11.6 Å². The third-order valence-corrected chi connectivity index (χ3v) is 4.21. The van der Waals surface area contributed by atoms with Crippen molar-refractivity contribution in [3.63, 3.8) is 0 Å². The van der Waals surface area contributed by atoms with Crippen molar-refractivity contribution >= 4 is 17.5 Å². The molecule has 3 nitrogen and oxygen atoms in total. The molecule has 1 N–H and O–H groups in total. The van der Waals surface area contributed by atoms with Crippen LogP contribution in [0.15, 0.2) is 18.2 Å². The zero-order valence-corrected chi connectivity index (χ0v) is 11.2. The molecule has 0 aliphatic carbocycles. The molecule has 18 heavy (non-hydrogen) atoms. The topological polar surface area (TPSA) is 32.3 Å². The average Bonchev–Trinajstić information content (AvgIpc) is 2.26. The van der Waals surface area contributed by atoms with Gasteiger partial charge in [-0.1, -0.05) is 17.7 Å². The smallest absolute Gasteiger partial charge is 0.228 e. The minimum atomic E-state index is 0.174. The van der Waals surface area contributed by atoms with Gasteiger partial charge < -0.3 is 10.2 Å². The molecule has 1 atom stereocenters. The van der Waals surface area contributed by atoms with Gasteiger partial charge in [0.05, 0.1) is 5.92 Å². The van der Waals surface area contributed by atoms with E-state index in [1.165, 1.54) is 11.1 Å². The van der Waals surface area contributed by atoms with Gasteiger partial charge in [-0.15, -0.1) is 0 Å². The predicted molar refractivity (Wildman–Crippen MR) is 71.5 cm³/mol. The molecule has 2 aliphatic heterocycles. The molecule has 0 aromatic heterocycles. The van der Waals surface area contributed by atoms with Gasteiger partial charge in [-0.25, -0.2) is 0 Å². The number of nitrogens with zero attached hydrogens (tertiary/aromatic N) is 1. The number of hydrogen-bond acceptors (Lipinski definition) is 2. The normalized spacial score (nSPS) is 23.4. The van der Waals surface area contributed by atoms with E-state index in [9.17, 15) is 4.79 Å². The van der Waals surface area contributed by atoms with E-state index >= 15 is 0 Å². The van der Waals surface area contributed by atoms with E-state index in [2.05, 4.69) is 18.3 Å². The molecule has 1 amide bonds. The molecular weight excluding hydrogens is 248 g/mol. The van der Waals surface area contributed by atoms with Crippen LogP contribution in [0.3, 0.4) is 0 Å².